The van der Waals surface area contributed by atoms with Crippen molar-refractivity contribution in [2.24, 2.45) is 0 Å². The highest BCUT2D eigenvalue weighted by Crippen LogP contribution is 2.51. The first-order valence-electron chi connectivity index (χ1n) is 7.82. The van der Waals surface area contributed by atoms with Gasteiger partial charge in [-0.2, -0.15) is 0 Å². The van der Waals surface area contributed by atoms with Crippen LogP contribution in [0.5, 0.6) is 11.5 Å². The van der Waals surface area contributed by atoms with Crippen molar-refractivity contribution < 1.29 is 28.7 Å². The number of nitrogens with one attached hydrogen (secondary N) is 2. The molecule has 0 saturated heterocycles. The van der Waals surface area contributed by atoms with Gasteiger partial charge in [-0.25, -0.2) is 0 Å². The molecule has 2 aliphatic rings. The number of Topliss-reactive ketones (excluding diaryl/α,β-unsaturated/α-hetero) is 2. The minimum absolute atomic E-state index is 0.174. The first kappa shape index (κ1) is 18.6. The zero-order valence-electron chi connectivity index (χ0n) is 14.4. The van der Waals surface area contributed by atoms with Crippen LogP contribution in [-0.4, -0.2) is 37.6 Å². The Morgan fingerprint density at radius 1 is 0.714 bits per heavy atom. The summed E-state index contributed by atoms with van der Waals surface area (Å²) >= 11 is 6.66. The Balaban J connectivity index is 2.05. The summed E-state index contributed by atoms with van der Waals surface area (Å²) in [6, 6.07) is 3.23. The van der Waals surface area contributed by atoms with Gasteiger partial charge < -0.3 is 20.1 Å². The maximum absolute atomic E-state index is 12.1. The summed E-state index contributed by atoms with van der Waals surface area (Å²) in [5.41, 5.74) is 1.79. The number of hydrogen-bond donors (Lipinski definition) is 2. The Hall–Kier alpha value is -2.72. The SMILES string of the molecule is COc1c(-c2cc(Br)c3c(c2OC)NC(=O)C3=O)cc(Br)c2c1NC(=O)C2=O. The van der Waals surface area contributed by atoms with E-state index in [2.05, 4.69) is 42.5 Å². The summed E-state index contributed by atoms with van der Waals surface area (Å²) < 4.78 is 11.7. The lowest BCUT2D eigenvalue weighted by molar-refractivity contribution is -0.112. The van der Waals surface area contributed by atoms with Crippen LogP contribution in [-0.2, 0) is 9.59 Å². The van der Waals surface area contributed by atoms with E-state index >= 15 is 0 Å². The second kappa shape index (κ2) is 6.42. The monoisotopic (exact) mass is 508 g/mol. The number of anilines is 2. The van der Waals surface area contributed by atoms with E-state index in [1.807, 2.05) is 0 Å². The molecular weight excluding hydrogens is 500 g/mol. The van der Waals surface area contributed by atoms with E-state index in [0.717, 1.165) is 0 Å². The van der Waals surface area contributed by atoms with Gasteiger partial charge in [0.15, 0.2) is 11.5 Å². The number of methoxy groups -OCH3 is 2. The van der Waals surface area contributed by atoms with Gasteiger partial charge in [0.05, 0.1) is 36.7 Å². The molecule has 2 aliphatic heterocycles. The van der Waals surface area contributed by atoms with Crippen LogP contribution in [0.25, 0.3) is 11.1 Å². The average molecular weight is 510 g/mol. The van der Waals surface area contributed by atoms with Crippen molar-refractivity contribution in [3.63, 3.8) is 0 Å². The molecule has 142 valence electrons. The molecule has 0 radical (unpaired) electrons. The van der Waals surface area contributed by atoms with Crippen LogP contribution in [0.15, 0.2) is 21.1 Å². The molecule has 0 fully saturated rings. The summed E-state index contributed by atoms with van der Waals surface area (Å²) in [5, 5.41) is 5.03. The second-order valence-electron chi connectivity index (χ2n) is 5.94. The molecule has 28 heavy (non-hydrogen) atoms. The normalized spacial score (nSPS) is 14.6. The van der Waals surface area contributed by atoms with Gasteiger partial charge in [0.2, 0.25) is 0 Å². The van der Waals surface area contributed by atoms with Crippen LogP contribution in [0.4, 0.5) is 11.4 Å². The minimum atomic E-state index is -0.758. The Bertz CT molecular complexity index is 1050. The van der Waals surface area contributed by atoms with Gasteiger partial charge in [-0.1, -0.05) is 0 Å². The molecule has 2 heterocycles. The van der Waals surface area contributed by atoms with Crippen molar-refractivity contribution in [1.29, 1.82) is 0 Å². The predicted molar refractivity (Wildman–Crippen MR) is 106 cm³/mol. The molecule has 2 N–H and O–H groups in total. The number of carbonyl (C=O) groups is 4. The van der Waals surface area contributed by atoms with Crippen LogP contribution >= 0.6 is 31.9 Å². The third kappa shape index (κ3) is 2.41. The Morgan fingerprint density at radius 3 is 1.39 bits per heavy atom. The lowest BCUT2D eigenvalue weighted by Gasteiger charge is -2.18. The molecule has 0 unspecified atom stereocenters. The molecule has 2 aromatic carbocycles. The fourth-order valence-electron chi connectivity index (χ4n) is 3.34. The number of ether oxygens (including phenoxy) is 2. The third-order valence-corrected chi connectivity index (χ3v) is 5.76. The van der Waals surface area contributed by atoms with Gasteiger partial charge in [-0.15, -0.1) is 0 Å². The number of benzene rings is 2. The lowest BCUT2D eigenvalue weighted by Crippen LogP contribution is -2.12. The average Bonchev–Trinajstić information content (AvgIpc) is 3.12. The minimum Gasteiger partial charge on any atom is -0.494 e. The highest BCUT2D eigenvalue weighted by molar-refractivity contribution is 9.10. The fraction of sp³-hybridized carbons (Fsp3) is 0.111. The zero-order chi connectivity index (χ0) is 20.3. The van der Waals surface area contributed by atoms with Crippen molar-refractivity contribution in [3.8, 4) is 22.6 Å². The van der Waals surface area contributed by atoms with Gasteiger partial charge in [-0.05, 0) is 44.0 Å². The Kier molecular flexibility index (Phi) is 4.27. The molecule has 0 aliphatic carbocycles. The predicted octanol–water partition coefficient (Wildman–Crippen LogP) is 3.17. The molecule has 0 bridgehead atoms. The summed E-state index contributed by atoms with van der Waals surface area (Å²) in [6.07, 6.45) is 0. The van der Waals surface area contributed by atoms with E-state index in [0.29, 0.717) is 20.1 Å². The Labute approximate surface area is 174 Å². The first-order valence-corrected chi connectivity index (χ1v) is 9.41. The van der Waals surface area contributed by atoms with Gasteiger partial charge in [-0.3, -0.25) is 19.2 Å². The molecule has 0 aromatic heterocycles. The van der Waals surface area contributed by atoms with E-state index in [4.69, 9.17) is 9.47 Å². The molecular formula is C18H10Br2N2O6. The zero-order valence-corrected chi connectivity index (χ0v) is 17.5. The van der Waals surface area contributed by atoms with Crippen LogP contribution in [0.3, 0.4) is 0 Å². The number of fused-ring (bicyclic) bond motifs is 2. The summed E-state index contributed by atoms with van der Waals surface area (Å²) in [4.78, 5) is 47.9. The van der Waals surface area contributed by atoms with Crippen molar-refractivity contribution in [2.75, 3.05) is 24.9 Å². The lowest BCUT2D eigenvalue weighted by atomic mass is 9.97. The number of amides is 2. The maximum atomic E-state index is 12.1. The van der Waals surface area contributed by atoms with E-state index in [1.165, 1.54) is 14.2 Å². The first-order chi connectivity index (χ1) is 13.3. The standard InChI is InChI=1S/C18H10Br2N2O6/c1-27-15-5(3-7(19)9-11(15)21-17(25)13(9)23)6-4-8(20)10-12(16(6)28-2)22-18(26)14(10)24/h3-4H,1-2H3,(H,21,23,25)(H,22,24,26). The molecule has 0 spiro atoms. The number of carbonyl (C=O) groups excluding carboxylic acids is 4. The van der Waals surface area contributed by atoms with Gasteiger partial charge in [0, 0.05) is 20.1 Å². The van der Waals surface area contributed by atoms with Gasteiger partial charge in [0.25, 0.3) is 23.4 Å². The molecule has 0 saturated carbocycles. The van der Waals surface area contributed by atoms with Crippen LogP contribution in [0, 0.1) is 0 Å². The molecule has 0 atom stereocenters. The van der Waals surface area contributed by atoms with Crippen molar-refractivity contribution in [3.05, 3.63) is 32.2 Å². The molecule has 4 rings (SSSR count). The van der Waals surface area contributed by atoms with Crippen LogP contribution < -0.4 is 20.1 Å². The quantitative estimate of drug-likeness (QED) is 0.615. The summed E-state index contributed by atoms with van der Waals surface area (Å²) in [7, 11) is 2.81. The number of rotatable bonds is 3. The molecule has 2 aromatic rings. The second-order valence-corrected chi connectivity index (χ2v) is 7.65. The van der Waals surface area contributed by atoms with E-state index in [9.17, 15) is 19.2 Å². The van der Waals surface area contributed by atoms with Crippen molar-refractivity contribution in [1.82, 2.24) is 0 Å². The highest BCUT2D eigenvalue weighted by Gasteiger charge is 2.38. The number of halogens is 2. The highest BCUT2D eigenvalue weighted by atomic mass is 79.9. The smallest absolute Gasteiger partial charge is 0.297 e. The van der Waals surface area contributed by atoms with Gasteiger partial charge in [0.1, 0.15) is 0 Å². The van der Waals surface area contributed by atoms with Crippen LogP contribution in [0.1, 0.15) is 20.7 Å². The van der Waals surface area contributed by atoms with E-state index < -0.39 is 23.4 Å². The molecule has 8 nitrogen and oxygen atoms in total. The fourth-order valence-corrected chi connectivity index (χ4v) is 4.55. The number of ketones is 2. The van der Waals surface area contributed by atoms with Crippen molar-refractivity contribution in [2.45, 2.75) is 0 Å². The summed E-state index contributed by atoms with van der Waals surface area (Å²) in [6.45, 7) is 0. The third-order valence-electron chi connectivity index (χ3n) is 4.51. The topological polar surface area (TPSA) is 111 Å². The molecule has 2 amide bonds. The van der Waals surface area contributed by atoms with E-state index in [1.54, 1.807) is 12.1 Å². The van der Waals surface area contributed by atoms with E-state index in [-0.39, 0.29) is 34.0 Å². The number of hydrogen-bond acceptors (Lipinski definition) is 6. The van der Waals surface area contributed by atoms with Crippen LogP contribution in [0.2, 0.25) is 0 Å². The Morgan fingerprint density at radius 2 is 1.07 bits per heavy atom. The van der Waals surface area contributed by atoms with Crippen molar-refractivity contribution >= 4 is 66.6 Å². The largest absolute Gasteiger partial charge is 0.494 e. The maximum Gasteiger partial charge on any atom is 0.297 e. The molecule has 10 heteroatoms. The van der Waals surface area contributed by atoms with Gasteiger partial charge >= 0.3 is 0 Å². The summed E-state index contributed by atoms with van der Waals surface area (Å²) in [5.74, 6) is -2.37.